The molecule has 0 fully saturated rings. The topological polar surface area (TPSA) is 37.3 Å². The quantitative estimate of drug-likeness (QED) is 0.830. The predicted octanol–water partition coefficient (Wildman–Crippen LogP) is 4.02. The van der Waals surface area contributed by atoms with Crippen LogP contribution in [0.25, 0.3) is 0 Å². The Morgan fingerprint density at radius 3 is 1.80 bits per heavy atom. The molecule has 0 saturated heterocycles. The normalized spacial score (nSPS) is 11.7. The molecule has 0 unspecified atom stereocenters. The van der Waals surface area contributed by atoms with Gasteiger partial charge in [-0.05, 0) is 17.5 Å². The molecule has 2 nitrogen and oxygen atoms in total. The van der Waals surface area contributed by atoms with Gasteiger partial charge in [-0.25, -0.2) is 4.79 Å². The molecule has 2 heteroatoms. The Kier molecular flexibility index (Phi) is 4.36. The number of allylic oxidation sites excluding steroid dienone is 1. The minimum Gasteiger partial charge on any atom is -0.478 e. The van der Waals surface area contributed by atoms with Crippen LogP contribution in [0.5, 0.6) is 0 Å². The van der Waals surface area contributed by atoms with E-state index in [9.17, 15) is 4.79 Å². The molecule has 20 heavy (non-hydrogen) atoms. The lowest BCUT2D eigenvalue weighted by atomic mass is 9.72. The maximum atomic E-state index is 10.9. The first-order valence-electron chi connectivity index (χ1n) is 6.72. The molecule has 2 aromatic rings. The molecule has 1 N–H and O–H groups in total. The molecule has 0 saturated carbocycles. The van der Waals surface area contributed by atoms with Gasteiger partial charge in [-0.3, -0.25) is 0 Å². The molecule has 0 heterocycles. The van der Waals surface area contributed by atoms with Gasteiger partial charge in [-0.2, -0.15) is 0 Å². The number of carbonyl (C=O) groups is 1. The Hall–Kier alpha value is -2.35. The Labute approximate surface area is 119 Å². The van der Waals surface area contributed by atoms with E-state index in [1.54, 1.807) is 6.08 Å². The first kappa shape index (κ1) is 14.1. The van der Waals surface area contributed by atoms with Crippen molar-refractivity contribution in [3.8, 4) is 0 Å². The number of hydrogen-bond donors (Lipinski definition) is 1. The van der Waals surface area contributed by atoms with Crippen LogP contribution in [-0.4, -0.2) is 11.1 Å². The summed E-state index contributed by atoms with van der Waals surface area (Å²) in [5, 5.41) is 8.98. The zero-order valence-electron chi connectivity index (χ0n) is 11.5. The van der Waals surface area contributed by atoms with Crippen molar-refractivity contribution in [3.05, 3.63) is 83.9 Å². The van der Waals surface area contributed by atoms with Crippen molar-refractivity contribution in [2.75, 3.05) is 0 Å². The SMILES string of the molecule is CCC(C=CC(=O)O)(c1ccccc1)c1ccccc1. The van der Waals surface area contributed by atoms with Crippen LogP contribution >= 0.6 is 0 Å². The molecule has 2 rings (SSSR count). The molecular weight excluding hydrogens is 248 g/mol. The molecule has 0 aliphatic rings. The Morgan fingerprint density at radius 2 is 1.45 bits per heavy atom. The molecule has 0 amide bonds. The first-order chi connectivity index (χ1) is 9.69. The van der Waals surface area contributed by atoms with Crippen LogP contribution in [-0.2, 0) is 10.2 Å². The Morgan fingerprint density at radius 1 is 1.00 bits per heavy atom. The second kappa shape index (κ2) is 6.20. The molecule has 0 atom stereocenters. The molecule has 0 aliphatic carbocycles. The van der Waals surface area contributed by atoms with Crippen LogP contribution in [0.15, 0.2) is 72.8 Å². The summed E-state index contributed by atoms with van der Waals surface area (Å²) >= 11 is 0. The summed E-state index contributed by atoms with van der Waals surface area (Å²) in [4.78, 5) is 10.9. The smallest absolute Gasteiger partial charge is 0.328 e. The third-order valence-electron chi connectivity index (χ3n) is 3.65. The molecular formula is C18H18O2. The second-order valence-corrected chi connectivity index (χ2v) is 4.73. The van der Waals surface area contributed by atoms with E-state index in [0.717, 1.165) is 17.5 Å². The monoisotopic (exact) mass is 266 g/mol. The fourth-order valence-corrected chi connectivity index (χ4v) is 2.57. The highest BCUT2D eigenvalue weighted by Crippen LogP contribution is 2.36. The molecule has 0 radical (unpaired) electrons. The van der Waals surface area contributed by atoms with Gasteiger partial charge in [-0.15, -0.1) is 0 Å². The van der Waals surface area contributed by atoms with E-state index >= 15 is 0 Å². The van der Waals surface area contributed by atoms with Gasteiger partial charge in [0.05, 0.1) is 0 Å². The van der Waals surface area contributed by atoms with Gasteiger partial charge in [0.15, 0.2) is 0 Å². The van der Waals surface area contributed by atoms with Gasteiger partial charge in [0.2, 0.25) is 0 Å². The van der Waals surface area contributed by atoms with Gasteiger partial charge >= 0.3 is 5.97 Å². The number of benzene rings is 2. The van der Waals surface area contributed by atoms with Crippen molar-refractivity contribution in [3.63, 3.8) is 0 Å². The highest BCUT2D eigenvalue weighted by atomic mass is 16.4. The van der Waals surface area contributed by atoms with E-state index in [-0.39, 0.29) is 0 Å². The number of carboxylic acids is 1. The van der Waals surface area contributed by atoms with Crippen LogP contribution in [0.1, 0.15) is 24.5 Å². The molecule has 0 spiro atoms. The van der Waals surface area contributed by atoms with Crippen molar-refractivity contribution in [2.45, 2.75) is 18.8 Å². The number of rotatable bonds is 5. The van der Waals surface area contributed by atoms with E-state index in [2.05, 4.69) is 6.92 Å². The maximum Gasteiger partial charge on any atom is 0.328 e. The third kappa shape index (κ3) is 2.80. The van der Waals surface area contributed by atoms with E-state index in [4.69, 9.17) is 5.11 Å². The highest BCUT2D eigenvalue weighted by molar-refractivity contribution is 5.80. The lowest BCUT2D eigenvalue weighted by Gasteiger charge is -2.31. The van der Waals surface area contributed by atoms with Gasteiger partial charge in [0, 0.05) is 11.5 Å². The number of hydrogen-bond acceptors (Lipinski definition) is 1. The molecule has 0 aromatic heterocycles. The number of aliphatic carboxylic acids is 1. The van der Waals surface area contributed by atoms with Crippen LogP contribution in [0.3, 0.4) is 0 Å². The average Bonchev–Trinajstić information content (AvgIpc) is 2.50. The zero-order chi connectivity index (χ0) is 14.4. The van der Waals surface area contributed by atoms with Gasteiger partial charge < -0.3 is 5.11 Å². The summed E-state index contributed by atoms with van der Waals surface area (Å²) in [6.45, 7) is 2.08. The van der Waals surface area contributed by atoms with Gasteiger partial charge in [-0.1, -0.05) is 73.7 Å². The maximum absolute atomic E-state index is 10.9. The van der Waals surface area contributed by atoms with Gasteiger partial charge in [0.25, 0.3) is 0 Å². The lowest BCUT2D eigenvalue weighted by molar-refractivity contribution is -0.131. The largest absolute Gasteiger partial charge is 0.478 e. The highest BCUT2D eigenvalue weighted by Gasteiger charge is 2.29. The molecule has 0 aliphatic heterocycles. The Balaban J connectivity index is 2.61. The lowest BCUT2D eigenvalue weighted by Crippen LogP contribution is -2.24. The van der Waals surface area contributed by atoms with Crippen molar-refractivity contribution in [1.82, 2.24) is 0 Å². The first-order valence-corrected chi connectivity index (χ1v) is 6.72. The van der Waals surface area contributed by atoms with Crippen LogP contribution in [0.4, 0.5) is 0 Å². The summed E-state index contributed by atoms with van der Waals surface area (Å²) < 4.78 is 0. The fourth-order valence-electron chi connectivity index (χ4n) is 2.57. The van der Waals surface area contributed by atoms with Crippen molar-refractivity contribution < 1.29 is 9.90 Å². The van der Waals surface area contributed by atoms with Crippen LogP contribution in [0.2, 0.25) is 0 Å². The summed E-state index contributed by atoms with van der Waals surface area (Å²) in [5.74, 6) is -0.922. The van der Waals surface area contributed by atoms with E-state index < -0.39 is 11.4 Å². The summed E-state index contributed by atoms with van der Waals surface area (Å²) in [6.07, 6.45) is 3.83. The standard InChI is InChI=1S/C18H18O2/c1-2-18(14-13-17(19)20,15-9-5-3-6-10-15)16-11-7-4-8-12-16/h3-14H,2H2,1H3,(H,19,20). The molecule has 0 bridgehead atoms. The van der Waals surface area contributed by atoms with Crippen molar-refractivity contribution in [1.29, 1.82) is 0 Å². The third-order valence-corrected chi connectivity index (χ3v) is 3.65. The van der Waals surface area contributed by atoms with Gasteiger partial charge in [0.1, 0.15) is 0 Å². The van der Waals surface area contributed by atoms with Crippen molar-refractivity contribution in [2.24, 2.45) is 0 Å². The van der Waals surface area contributed by atoms with Crippen LogP contribution < -0.4 is 0 Å². The zero-order valence-corrected chi connectivity index (χ0v) is 11.5. The minimum absolute atomic E-state index is 0.402. The molecule has 2 aromatic carbocycles. The van der Waals surface area contributed by atoms with Crippen LogP contribution in [0, 0.1) is 0 Å². The molecule has 102 valence electrons. The second-order valence-electron chi connectivity index (χ2n) is 4.73. The number of carboxylic acid groups (broad SMARTS) is 1. The van der Waals surface area contributed by atoms with E-state index in [1.165, 1.54) is 6.08 Å². The van der Waals surface area contributed by atoms with E-state index in [1.807, 2.05) is 60.7 Å². The summed E-state index contributed by atoms with van der Waals surface area (Å²) in [5.41, 5.74) is 1.80. The van der Waals surface area contributed by atoms with E-state index in [0.29, 0.717) is 0 Å². The average molecular weight is 266 g/mol. The Bertz CT molecular complexity index is 546. The minimum atomic E-state index is -0.922. The van der Waals surface area contributed by atoms with Crippen molar-refractivity contribution >= 4 is 5.97 Å². The summed E-state index contributed by atoms with van der Waals surface area (Å²) in [6, 6.07) is 20.0. The predicted molar refractivity (Wildman–Crippen MR) is 80.7 cm³/mol. The summed E-state index contributed by atoms with van der Waals surface area (Å²) in [7, 11) is 0. The fraction of sp³-hybridized carbons (Fsp3) is 0.167.